The minimum Gasteiger partial charge on any atom is -0.497 e. The zero-order chi connectivity index (χ0) is 23.4. The van der Waals surface area contributed by atoms with Crippen LogP contribution in [0.4, 0.5) is 4.79 Å². The first-order valence-corrected chi connectivity index (χ1v) is 11.3. The molecule has 0 aliphatic carbocycles. The summed E-state index contributed by atoms with van der Waals surface area (Å²) in [5.74, 6) is -0.0361. The number of rotatable bonds is 8. The molecule has 174 valence electrons. The average Bonchev–Trinajstić information content (AvgIpc) is 3.36. The number of hydrogen-bond donors (Lipinski definition) is 2. The van der Waals surface area contributed by atoms with Crippen molar-refractivity contribution in [3.8, 4) is 5.75 Å². The molecule has 2 fully saturated rings. The number of benzene rings is 2. The fourth-order valence-electron chi connectivity index (χ4n) is 4.56. The number of imide groups is 1. The lowest BCUT2D eigenvalue weighted by molar-refractivity contribution is -0.139. The Morgan fingerprint density at radius 2 is 1.88 bits per heavy atom. The molecule has 0 bridgehead atoms. The van der Waals surface area contributed by atoms with E-state index in [4.69, 9.17) is 4.74 Å². The topological polar surface area (TPSA) is 91.0 Å². The first kappa shape index (κ1) is 22.8. The molecule has 2 aromatic rings. The standard InChI is InChI=1S/C25H30N4O4/c1-25(15-14-18-7-4-3-5-8-18)23(31)29(24(32)26-25)27-22(30)17-28-16-6-9-21(28)19-10-12-20(33-2)13-11-19/h3-5,7-8,10-13,21H,6,9,14-17H2,1-2H3,(H,26,32)(H,27,30)/t21-,25+/m1/s1. The Bertz CT molecular complexity index is 1010. The van der Waals surface area contributed by atoms with Gasteiger partial charge in [-0.2, -0.15) is 5.01 Å². The molecule has 33 heavy (non-hydrogen) atoms. The van der Waals surface area contributed by atoms with Gasteiger partial charge in [-0.15, -0.1) is 0 Å². The maximum Gasteiger partial charge on any atom is 0.344 e. The number of carbonyl (C=O) groups excluding carboxylic acids is 3. The van der Waals surface area contributed by atoms with Crippen molar-refractivity contribution in [2.24, 2.45) is 0 Å². The second-order valence-electron chi connectivity index (χ2n) is 8.83. The van der Waals surface area contributed by atoms with Crippen LogP contribution in [0.1, 0.15) is 43.4 Å². The Morgan fingerprint density at radius 3 is 2.58 bits per heavy atom. The number of hydrogen-bond acceptors (Lipinski definition) is 5. The highest BCUT2D eigenvalue weighted by atomic mass is 16.5. The van der Waals surface area contributed by atoms with Crippen molar-refractivity contribution in [2.45, 2.75) is 44.2 Å². The van der Waals surface area contributed by atoms with Crippen molar-refractivity contribution < 1.29 is 19.1 Å². The first-order chi connectivity index (χ1) is 15.9. The lowest BCUT2D eigenvalue weighted by Crippen LogP contribution is -2.51. The zero-order valence-electron chi connectivity index (χ0n) is 19.0. The number of hydrazine groups is 1. The van der Waals surface area contributed by atoms with Gasteiger partial charge in [0.05, 0.1) is 13.7 Å². The maximum atomic E-state index is 13.0. The molecule has 4 rings (SSSR count). The molecule has 8 nitrogen and oxygen atoms in total. The molecule has 0 unspecified atom stereocenters. The van der Waals surface area contributed by atoms with E-state index in [9.17, 15) is 14.4 Å². The van der Waals surface area contributed by atoms with Crippen molar-refractivity contribution in [2.75, 3.05) is 20.2 Å². The fraction of sp³-hybridized carbons (Fsp3) is 0.400. The van der Waals surface area contributed by atoms with Crippen molar-refractivity contribution >= 4 is 17.8 Å². The first-order valence-electron chi connectivity index (χ1n) is 11.3. The lowest BCUT2D eigenvalue weighted by atomic mass is 9.93. The molecule has 0 spiro atoms. The van der Waals surface area contributed by atoms with E-state index in [1.54, 1.807) is 14.0 Å². The number of methoxy groups -OCH3 is 1. The monoisotopic (exact) mass is 450 g/mol. The van der Waals surface area contributed by atoms with Crippen LogP contribution in [0.15, 0.2) is 54.6 Å². The van der Waals surface area contributed by atoms with Crippen LogP contribution < -0.4 is 15.5 Å². The number of nitrogens with one attached hydrogen (secondary N) is 2. The summed E-state index contributed by atoms with van der Waals surface area (Å²) in [6.45, 7) is 2.58. The van der Waals surface area contributed by atoms with E-state index in [-0.39, 0.29) is 18.5 Å². The van der Waals surface area contributed by atoms with E-state index in [1.807, 2.05) is 54.6 Å². The normalized spacial score (nSPS) is 23.0. The van der Waals surface area contributed by atoms with Crippen molar-refractivity contribution in [3.05, 3.63) is 65.7 Å². The molecule has 0 aromatic heterocycles. The van der Waals surface area contributed by atoms with E-state index < -0.39 is 17.5 Å². The Balaban J connectivity index is 1.35. The Morgan fingerprint density at radius 1 is 1.15 bits per heavy atom. The molecule has 2 N–H and O–H groups in total. The third-order valence-corrected chi connectivity index (χ3v) is 6.46. The summed E-state index contributed by atoms with van der Waals surface area (Å²) >= 11 is 0. The highest BCUT2D eigenvalue weighted by Crippen LogP contribution is 2.32. The SMILES string of the molecule is COc1ccc([C@H]2CCCN2CC(=O)NN2C(=O)N[C@@](C)(CCc3ccccc3)C2=O)cc1. The van der Waals surface area contributed by atoms with Crippen LogP contribution in [-0.4, -0.2) is 53.5 Å². The quantitative estimate of drug-likeness (QED) is 0.604. The second-order valence-corrected chi connectivity index (χ2v) is 8.83. The van der Waals surface area contributed by atoms with Gasteiger partial charge in [-0.25, -0.2) is 4.79 Å². The van der Waals surface area contributed by atoms with Gasteiger partial charge in [-0.05, 0) is 62.4 Å². The highest BCUT2D eigenvalue weighted by molar-refractivity contribution is 6.07. The van der Waals surface area contributed by atoms with E-state index in [2.05, 4.69) is 15.6 Å². The number of urea groups is 1. The van der Waals surface area contributed by atoms with Crippen LogP contribution in [0.5, 0.6) is 5.75 Å². The minimum absolute atomic E-state index is 0.106. The van der Waals surface area contributed by atoms with Crippen LogP contribution in [0.2, 0.25) is 0 Å². The fourth-order valence-corrected chi connectivity index (χ4v) is 4.56. The van der Waals surface area contributed by atoms with Gasteiger partial charge in [0.2, 0.25) is 0 Å². The number of likely N-dealkylation sites (tertiary alicyclic amines) is 1. The number of ether oxygens (including phenoxy) is 1. The summed E-state index contributed by atoms with van der Waals surface area (Å²) in [6, 6.07) is 17.1. The van der Waals surface area contributed by atoms with Crippen molar-refractivity contribution in [1.29, 1.82) is 0 Å². The molecular weight excluding hydrogens is 420 g/mol. The predicted octanol–water partition coefficient (Wildman–Crippen LogP) is 2.81. The van der Waals surface area contributed by atoms with Crippen LogP contribution in [0, 0.1) is 0 Å². The van der Waals surface area contributed by atoms with Gasteiger partial charge in [-0.3, -0.25) is 19.9 Å². The van der Waals surface area contributed by atoms with Crippen LogP contribution in [-0.2, 0) is 16.0 Å². The molecule has 0 radical (unpaired) electrons. The van der Waals surface area contributed by atoms with E-state index in [1.165, 1.54) is 0 Å². The summed E-state index contributed by atoms with van der Waals surface area (Å²) < 4.78 is 5.22. The largest absolute Gasteiger partial charge is 0.497 e. The van der Waals surface area contributed by atoms with E-state index >= 15 is 0 Å². The predicted molar refractivity (Wildman–Crippen MR) is 123 cm³/mol. The van der Waals surface area contributed by atoms with E-state index in [0.717, 1.165) is 41.3 Å². The van der Waals surface area contributed by atoms with Gasteiger partial charge in [-0.1, -0.05) is 42.5 Å². The van der Waals surface area contributed by atoms with Crippen molar-refractivity contribution in [3.63, 3.8) is 0 Å². The molecule has 4 amide bonds. The maximum absolute atomic E-state index is 13.0. The number of aryl methyl sites for hydroxylation is 1. The summed E-state index contributed by atoms with van der Waals surface area (Å²) in [5.41, 5.74) is 3.66. The van der Waals surface area contributed by atoms with Crippen LogP contribution in [0.3, 0.4) is 0 Å². The van der Waals surface area contributed by atoms with E-state index in [0.29, 0.717) is 12.8 Å². The molecular formula is C25H30N4O4. The molecule has 2 saturated heterocycles. The summed E-state index contributed by atoms with van der Waals surface area (Å²) in [6.07, 6.45) is 3.01. The summed E-state index contributed by atoms with van der Waals surface area (Å²) in [4.78, 5) is 40.3. The van der Waals surface area contributed by atoms with Gasteiger partial charge in [0.1, 0.15) is 11.3 Å². The smallest absolute Gasteiger partial charge is 0.344 e. The summed E-state index contributed by atoms with van der Waals surface area (Å²) in [7, 11) is 1.63. The molecule has 2 heterocycles. The van der Waals surface area contributed by atoms with Crippen molar-refractivity contribution in [1.82, 2.24) is 20.7 Å². The minimum atomic E-state index is -1.06. The van der Waals surface area contributed by atoms with Crippen LogP contribution in [0.25, 0.3) is 0 Å². The molecule has 8 heteroatoms. The third-order valence-electron chi connectivity index (χ3n) is 6.46. The van der Waals surface area contributed by atoms with Gasteiger partial charge in [0.25, 0.3) is 11.8 Å². The van der Waals surface area contributed by atoms with Crippen LogP contribution >= 0.6 is 0 Å². The molecule has 0 saturated carbocycles. The Kier molecular flexibility index (Phi) is 6.65. The molecule has 2 aliphatic rings. The van der Waals surface area contributed by atoms with Gasteiger partial charge in [0, 0.05) is 6.04 Å². The lowest BCUT2D eigenvalue weighted by Gasteiger charge is -2.25. The molecule has 2 aromatic carbocycles. The Hall–Kier alpha value is -3.39. The number of carbonyl (C=O) groups is 3. The van der Waals surface area contributed by atoms with Gasteiger partial charge in [0.15, 0.2) is 0 Å². The Labute approximate surface area is 193 Å². The van der Waals surface area contributed by atoms with Gasteiger partial charge < -0.3 is 10.1 Å². The zero-order valence-corrected chi connectivity index (χ0v) is 19.0. The third kappa shape index (κ3) is 5.01. The van der Waals surface area contributed by atoms with Gasteiger partial charge >= 0.3 is 6.03 Å². The highest BCUT2D eigenvalue weighted by Gasteiger charge is 2.48. The molecule has 2 aliphatic heterocycles. The average molecular weight is 451 g/mol. The summed E-state index contributed by atoms with van der Waals surface area (Å²) in [5, 5.41) is 3.57. The number of nitrogens with zero attached hydrogens (tertiary/aromatic N) is 2. The second kappa shape index (κ2) is 9.62. The number of amides is 4. The molecule has 2 atom stereocenters.